The van der Waals surface area contributed by atoms with Gasteiger partial charge >= 0.3 is 12.2 Å². The average Bonchev–Trinajstić information content (AvgIpc) is 2.52. The molecule has 1 atom stereocenters. The van der Waals surface area contributed by atoms with Gasteiger partial charge in [0.15, 0.2) is 0 Å². The Labute approximate surface area is 141 Å². The first-order valence-electron chi connectivity index (χ1n) is 8.24. The number of rotatable bonds is 3. The standard InChI is InChI=1S/C17H23N3O4/c1-13-9-18(7-8-20(13)16(21)22)15-10-19(11-15)17(23)24-12-14-5-3-2-4-6-14/h2-6,13,15H,7-12H2,1H3,(H,21,22)/t13-/m1/s1. The van der Waals surface area contributed by atoms with Crippen LogP contribution in [0.1, 0.15) is 12.5 Å². The summed E-state index contributed by atoms with van der Waals surface area (Å²) in [5, 5.41) is 9.11. The molecule has 0 bridgehead atoms. The molecule has 2 saturated heterocycles. The largest absolute Gasteiger partial charge is 0.465 e. The maximum atomic E-state index is 12.0. The molecule has 1 N–H and O–H groups in total. The zero-order valence-electron chi connectivity index (χ0n) is 13.8. The highest BCUT2D eigenvalue weighted by molar-refractivity contribution is 5.69. The van der Waals surface area contributed by atoms with Gasteiger partial charge in [0.05, 0.1) is 0 Å². The van der Waals surface area contributed by atoms with Crippen LogP contribution in [-0.2, 0) is 11.3 Å². The number of benzene rings is 1. The van der Waals surface area contributed by atoms with Gasteiger partial charge in [-0.3, -0.25) is 4.90 Å². The van der Waals surface area contributed by atoms with Gasteiger partial charge in [0, 0.05) is 44.8 Å². The fourth-order valence-corrected chi connectivity index (χ4v) is 3.25. The van der Waals surface area contributed by atoms with Gasteiger partial charge in [-0.1, -0.05) is 30.3 Å². The van der Waals surface area contributed by atoms with Crippen LogP contribution in [0.2, 0.25) is 0 Å². The summed E-state index contributed by atoms with van der Waals surface area (Å²) < 4.78 is 5.32. The van der Waals surface area contributed by atoms with Crippen LogP contribution in [0.5, 0.6) is 0 Å². The van der Waals surface area contributed by atoms with Crippen LogP contribution in [-0.4, -0.2) is 76.8 Å². The first kappa shape index (κ1) is 16.6. The zero-order valence-corrected chi connectivity index (χ0v) is 13.8. The fraction of sp³-hybridized carbons (Fsp3) is 0.529. The summed E-state index contributed by atoms with van der Waals surface area (Å²) >= 11 is 0. The molecule has 0 spiro atoms. The van der Waals surface area contributed by atoms with Crippen LogP contribution in [0, 0.1) is 0 Å². The van der Waals surface area contributed by atoms with Gasteiger partial charge in [-0.2, -0.15) is 0 Å². The third-order valence-electron chi connectivity index (χ3n) is 4.75. The molecule has 7 heteroatoms. The van der Waals surface area contributed by atoms with E-state index in [-0.39, 0.29) is 18.7 Å². The lowest BCUT2D eigenvalue weighted by atomic mass is 10.0. The van der Waals surface area contributed by atoms with Crippen LogP contribution < -0.4 is 0 Å². The lowest BCUT2D eigenvalue weighted by molar-refractivity contribution is -0.0106. The number of hydrogen-bond acceptors (Lipinski definition) is 4. The predicted octanol–water partition coefficient (Wildman–Crippen LogP) is 1.69. The second-order valence-corrected chi connectivity index (χ2v) is 6.42. The first-order valence-corrected chi connectivity index (χ1v) is 8.24. The van der Waals surface area contributed by atoms with Gasteiger partial charge in [-0.15, -0.1) is 0 Å². The fourth-order valence-electron chi connectivity index (χ4n) is 3.25. The van der Waals surface area contributed by atoms with E-state index in [9.17, 15) is 9.59 Å². The Hall–Kier alpha value is -2.28. The smallest absolute Gasteiger partial charge is 0.410 e. The molecule has 0 saturated carbocycles. The predicted molar refractivity (Wildman–Crippen MR) is 87.8 cm³/mol. The number of nitrogens with zero attached hydrogens (tertiary/aromatic N) is 3. The number of carboxylic acid groups (broad SMARTS) is 1. The van der Waals surface area contributed by atoms with Crippen LogP contribution in [0.15, 0.2) is 30.3 Å². The zero-order chi connectivity index (χ0) is 17.1. The monoisotopic (exact) mass is 333 g/mol. The lowest BCUT2D eigenvalue weighted by Gasteiger charge is -2.48. The summed E-state index contributed by atoms with van der Waals surface area (Å²) in [6.45, 7) is 5.45. The minimum Gasteiger partial charge on any atom is -0.465 e. The molecule has 2 aliphatic heterocycles. The number of piperazine rings is 1. The highest BCUT2D eigenvalue weighted by Gasteiger charge is 2.39. The van der Waals surface area contributed by atoms with E-state index >= 15 is 0 Å². The molecule has 0 aliphatic carbocycles. The van der Waals surface area contributed by atoms with Crippen molar-refractivity contribution < 1.29 is 19.4 Å². The third-order valence-corrected chi connectivity index (χ3v) is 4.75. The molecule has 0 unspecified atom stereocenters. The van der Waals surface area contributed by atoms with Crippen molar-refractivity contribution in [3.63, 3.8) is 0 Å². The highest BCUT2D eigenvalue weighted by atomic mass is 16.6. The summed E-state index contributed by atoms with van der Waals surface area (Å²) in [5.74, 6) is 0. The van der Waals surface area contributed by atoms with Crippen LogP contribution in [0.4, 0.5) is 9.59 Å². The van der Waals surface area contributed by atoms with Gasteiger partial charge in [0.25, 0.3) is 0 Å². The molecule has 2 fully saturated rings. The molecule has 0 radical (unpaired) electrons. The normalized spacial score (nSPS) is 22.1. The number of ether oxygens (including phenoxy) is 1. The van der Waals surface area contributed by atoms with E-state index in [1.165, 1.54) is 4.90 Å². The Kier molecular flexibility index (Phi) is 4.89. The van der Waals surface area contributed by atoms with E-state index in [1.807, 2.05) is 37.3 Å². The number of amides is 2. The second-order valence-electron chi connectivity index (χ2n) is 6.42. The summed E-state index contributed by atoms with van der Waals surface area (Å²) in [4.78, 5) is 28.6. The summed E-state index contributed by atoms with van der Waals surface area (Å²) in [5.41, 5.74) is 0.974. The average molecular weight is 333 g/mol. The summed E-state index contributed by atoms with van der Waals surface area (Å²) in [6.07, 6.45) is -1.14. The molecule has 0 aromatic heterocycles. The number of hydrogen-bond donors (Lipinski definition) is 1. The maximum absolute atomic E-state index is 12.0. The minimum atomic E-state index is -0.859. The molecular formula is C17H23N3O4. The number of carbonyl (C=O) groups is 2. The summed E-state index contributed by atoms with van der Waals surface area (Å²) in [7, 11) is 0. The van der Waals surface area contributed by atoms with Crippen molar-refractivity contribution in [2.45, 2.75) is 25.6 Å². The van der Waals surface area contributed by atoms with Crippen LogP contribution in [0.3, 0.4) is 0 Å². The van der Waals surface area contributed by atoms with Crippen LogP contribution >= 0.6 is 0 Å². The number of carbonyl (C=O) groups excluding carboxylic acids is 1. The van der Waals surface area contributed by atoms with Crippen molar-refractivity contribution in [3.05, 3.63) is 35.9 Å². The van der Waals surface area contributed by atoms with Crippen molar-refractivity contribution in [1.82, 2.24) is 14.7 Å². The van der Waals surface area contributed by atoms with Gasteiger partial charge < -0.3 is 19.6 Å². The molecule has 2 heterocycles. The molecule has 1 aromatic rings. The van der Waals surface area contributed by atoms with Crippen molar-refractivity contribution in [1.29, 1.82) is 0 Å². The topological polar surface area (TPSA) is 73.3 Å². The SMILES string of the molecule is C[C@@H]1CN(C2CN(C(=O)OCc3ccccc3)C2)CCN1C(=O)O. The molecule has 3 rings (SSSR count). The van der Waals surface area contributed by atoms with E-state index < -0.39 is 6.09 Å². The van der Waals surface area contributed by atoms with E-state index in [0.717, 1.165) is 5.56 Å². The van der Waals surface area contributed by atoms with Crippen molar-refractivity contribution >= 4 is 12.2 Å². The molecule has 1 aromatic carbocycles. The molecule has 2 amide bonds. The summed E-state index contributed by atoms with van der Waals surface area (Å²) in [6, 6.07) is 9.89. The molecule has 2 aliphatic rings. The quantitative estimate of drug-likeness (QED) is 0.911. The molecule has 130 valence electrons. The van der Waals surface area contributed by atoms with E-state index in [0.29, 0.717) is 38.8 Å². The highest BCUT2D eigenvalue weighted by Crippen LogP contribution is 2.20. The Morgan fingerprint density at radius 2 is 1.88 bits per heavy atom. The second kappa shape index (κ2) is 7.09. The molecule has 24 heavy (non-hydrogen) atoms. The Morgan fingerprint density at radius 1 is 1.17 bits per heavy atom. The van der Waals surface area contributed by atoms with E-state index in [2.05, 4.69) is 4.90 Å². The van der Waals surface area contributed by atoms with Gasteiger partial charge in [0.1, 0.15) is 6.61 Å². The van der Waals surface area contributed by atoms with Crippen molar-refractivity contribution in [2.75, 3.05) is 32.7 Å². The Balaban J connectivity index is 1.41. The van der Waals surface area contributed by atoms with Crippen molar-refractivity contribution in [2.24, 2.45) is 0 Å². The molecular weight excluding hydrogens is 310 g/mol. The third kappa shape index (κ3) is 3.62. The van der Waals surface area contributed by atoms with Gasteiger partial charge in [-0.25, -0.2) is 9.59 Å². The van der Waals surface area contributed by atoms with E-state index in [1.54, 1.807) is 4.90 Å². The molecule has 7 nitrogen and oxygen atoms in total. The van der Waals surface area contributed by atoms with Crippen molar-refractivity contribution in [3.8, 4) is 0 Å². The maximum Gasteiger partial charge on any atom is 0.410 e. The Bertz CT molecular complexity index is 589. The van der Waals surface area contributed by atoms with Gasteiger partial charge in [-0.05, 0) is 12.5 Å². The minimum absolute atomic E-state index is 0.0182. The van der Waals surface area contributed by atoms with E-state index in [4.69, 9.17) is 9.84 Å². The lowest BCUT2D eigenvalue weighted by Crippen LogP contribution is -2.66. The van der Waals surface area contributed by atoms with Gasteiger partial charge in [0.2, 0.25) is 0 Å². The number of likely N-dealkylation sites (tertiary alicyclic amines) is 1. The van der Waals surface area contributed by atoms with Crippen LogP contribution in [0.25, 0.3) is 0 Å². The Morgan fingerprint density at radius 3 is 2.50 bits per heavy atom. The first-order chi connectivity index (χ1) is 11.5.